The van der Waals surface area contributed by atoms with E-state index in [2.05, 4.69) is 52.5 Å². The van der Waals surface area contributed by atoms with Gasteiger partial charge in [-0.15, -0.1) is 0 Å². The molecular weight excluding hydrogens is 260 g/mol. The van der Waals surface area contributed by atoms with Crippen LogP contribution in [0.5, 0.6) is 0 Å². The maximum absolute atomic E-state index is 4.74. The lowest BCUT2D eigenvalue weighted by Gasteiger charge is -2.30. The molecule has 0 spiro atoms. The molecule has 0 radical (unpaired) electrons. The van der Waals surface area contributed by atoms with Crippen molar-refractivity contribution in [1.29, 1.82) is 0 Å². The number of hydrogen-bond donors (Lipinski definition) is 1. The molecule has 1 aromatic carbocycles. The summed E-state index contributed by atoms with van der Waals surface area (Å²) < 4.78 is 0. The third-order valence-electron chi connectivity index (χ3n) is 3.94. The van der Waals surface area contributed by atoms with E-state index in [0.717, 1.165) is 49.9 Å². The Morgan fingerprint density at radius 3 is 2.48 bits per heavy atom. The first-order valence-electron chi connectivity index (χ1n) is 7.58. The monoisotopic (exact) mass is 282 g/mol. The number of anilines is 1. The van der Waals surface area contributed by atoms with Crippen LogP contribution >= 0.6 is 0 Å². The highest BCUT2D eigenvalue weighted by molar-refractivity contribution is 5.51. The van der Waals surface area contributed by atoms with Crippen molar-refractivity contribution < 1.29 is 0 Å². The van der Waals surface area contributed by atoms with Gasteiger partial charge in [0.2, 0.25) is 0 Å². The van der Waals surface area contributed by atoms with E-state index < -0.39 is 0 Å². The van der Waals surface area contributed by atoms with Crippen molar-refractivity contribution in [3.05, 3.63) is 53.0 Å². The molecule has 0 saturated carbocycles. The van der Waals surface area contributed by atoms with Crippen LogP contribution < -0.4 is 10.2 Å². The molecule has 2 aromatic rings. The van der Waals surface area contributed by atoms with Gasteiger partial charge in [0.1, 0.15) is 11.6 Å². The second kappa shape index (κ2) is 6.22. The van der Waals surface area contributed by atoms with Crippen molar-refractivity contribution in [2.24, 2.45) is 0 Å². The standard InChI is InChI=1S/C17H22N4/c1-13-16(12-15-6-4-3-5-7-15)17(20-14(2)19-13)21-10-8-18-9-11-21/h3-7,18H,8-12H2,1-2H3. The fraction of sp³-hybridized carbons (Fsp3) is 0.412. The van der Waals surface area contributed by atoms with Gasteiger partial charge in [-0.05, 0) is 19.4 Å². The van der Waals surface area contributed by atoms with Crippen LogP contribution in [0.3, 0.4) is 0 Å². The van der Waals surface area contributed by atoms with E-state index in [1.807, 2.05) is 6.92 Å². The average Bonchev–Trinajstić information content (AvgIpc) is 2.51. The number of rotatable bonds is 3. The molecule has 4 heteroatoms. The van der Waals surface area contributed by atoms with Crippen molar-refractivity contribution in [2.45, 2.75) is 20.3 Å². The summed E-state index contributed by atoms with van der Waals surface area (Å²) in [6.45, 7) is 8.14. The zero-order chi connectivity index (χ0) is 14.7. The molecule has 0 aliphatic carbocycles. The Hall–Kier alpha value is -1.94. The molecule has 1 N–H and O–H groups in total. The largest absolute Gasteiger partial charge is 0.354 e. The molecular formula is C17H22N4. The molecule has 1 fully saturated rings. The van der Waals surface area contributed by atoms with Gasteiger partial charge in [0.25, 0.3) is 0 Å². The predicted molar refractivity (Wildman–Crippen MR) is 85.8 cm³/mol. The van der Waals surface area contributed by atoms with Gasteiger partial charge in [-0.25, -0.2) is 9.97 Å². The van der Waals surface area contributed by atoms with Crippen molar-refractivity contribution in [3.8, 4) is 0 Å². The normalized spacial score (nSPS) is 15.2. The molecule has 3 rings (SSSR count). The van der Waals surface area contributed by atoms with E-state index in [1.54, 1.807) is 0 Å². The lowest BCUT2D eigenvalue weighted by Crippen LogP contribution is -2.44. The summed E-state index contributed by atoms with van der Waals surface area (Å²) in [6.07, 6.45) is 0.895. The first-order valence-corrected chi connectivity index (χ1v) is 7.58. The number of aromatic nitrogens is 2. The lowest BCUT2D eigenvalue weighted by molar-refractivity contribution is 0.582. The Morgan fingerprint density at radius 1 is 1.05 bits per heavy atom. The molecule has 1 aliphatic heterocycles. The Morgan fingerprint density at radius 2 is 1.76 bits per heavy atom. The quantitative estimate of drug-likeness (QED) is 0.936. The van der Waals surface area contributed by atoms with Crippen LogP contribution in [0.2, 0.25) is 0 Å². The lowest BCUT2D eigenvalue weighted by atomic mass is 10.0. The first-order chi connectivity index (χ1) is 10.2. The molecule has 1 aliphatic rings. The molecule has 21 heavy (non-hydrogen) atoms. The minimum Gasteiger partial charge on any atom is -0.354 e. The molecule has 1 saturated heterocycles. The van der Waals surface area contributed by atoms with Crippen LogP contribution in [0.4, 0.5) is 5.82 Å². The van der Waals surface area contributed by atoms with E-state index in [0.29, 0.717) is 0 Å². The predicted octanol–water partition coefficient (Wildman–Crippen LogP) is 2.09. The van der Waals surface area contributed by atoms with Gasteiger partial charge >= 0.3 is 0 Å². The fourth-order valence-electron chi connectivity index (χ4n) is 2.86. The van der Waals surface area contributed by atoms with Gasteiger partial charge in [0.05, 0.1) is 0 Å². The Bertz CT molecular complexity index is 604. The highest BCUT2D eigenvalue weighted by Gasteiger charge is 2.18. The third-order valence-corrected chi connectivity index (χ3v) is 3.94. The molecule has 2 heterocycles. The summed E-state index contributed by atoms with van der Waals surface area (Å²) in [7, 11) is 0. The van der Waals surface area contributed by atoms with Crippen LogP contribution in [0.1, 0.15) is 22.6 Å². The number of aryl methyl sites for hydroxylation is 2. The minimum atomic E-state index is 0.859. The second-order valence-electron chi connectivity index (χ2n) is 5.56. The molecule has 0 unspecified atom stereocenters. The summed E-state index contributed by atoms with van der Waals surface area (Å²) >= 11 is 0. The molecule has 110 valence electrons. The van der Waals surface area contributed by atoms with Crippen molar-refractivity contribution in [1.82, 2.24) is 15.3 Å². The number of nitrogens with one attached hydrogen (secondary N) is 1. The zero-order valence-corrected chi connectivity index (χ0v) is 12.8. The fourth-order valence-corrected chi connectivity index (χ4v) is 2.86. The maximum Gasteiger partial charge on any atom is 0.136 e. The Labute approximate surface area is 126 Å². The number of nitrogens with zero attached hydrogens (tertiary/aromatic N) is 3. The minimum absolute atomic E-state index is 0.859. The third kappa shape index (κ3) is 3.22. The summed E-state index contributed by atoms with van der Waals surface area (Å²) in [5.41, 5.74) is 3.66. The van der Waals surface area contributed by atoms with E-state index >= 15 is 0 Å². The van der Waals surface area contributed by atoms with E-state index in [1.165, 1.54) is 11.1 Å². The van der Waals surface area contributed by atoms with Gasteiger partial charge in [-0.1, -0.05) is 30.3 Å². The van der Waals surface area contributed by atoms with Gasteiger partial charge in [-0.3, -0.25) is 0 Å². The van der Waals surface area contributed by atoms with Crippen LogP contribution in [0, 0.1) is 13.8 Å². The Kier molecular flexibility index (Phi) is 4.15. The molecule has 4 nitrogen and oxygen atoms in total. The van der Waals surface area contributed by atoms with Crippen LogP contribution in [-0.2, 0) is 6.42 Å². The van der Waals surface area contributed by atoms with Crippen LogP contribution in [0.25, 0.3) is 0 Å². The zero-order valence-electron chi connectivity index (χ0n) is 12.8. The highest BCUT2D eigenvalue weighted by Crippen LogP contribution is 2.24. The van der Waals surface area contributed by atoms with Gasteiger partial charge in [0, 0.05) is 43.9 Å². The first kappa shape index (κ1) is 14.0. The molecule has 0 atom stereocenters. The molecule has 1 aromatic heterocycles. The topological polar surface area (TPSA) is 41.1 Å². The van der Waals surface area contributed by atoms with E-state index in [9.17, 15) is 0 Å². The number of piperazine rings is 1. The van der Waals surface area contributed by atoms with E-state index in [-0.39, 0.29) is 0 Å². The maximum atomic E-state index is 4.74. The SMILES string of the molecule is Cc1nc(C)c(Cc2ccccc2)c(N2CCNCC2)n1. The average molecular weight is 282 g/mol. The van der Waals surface area contributed by atoms with E-state index in [4.69, 9.17) is 4.98 Å². The molecule has 0 amide bonds. The van der Waals surface area contributed by atoms with Crippen molar-refractivity contribution in [3.63, 3.8) is 0 Å². The Balaban J connectivity index is 1.97. The number of hydrogen-bond acceptors (Lipinski definition) is 4. The van der Waals surface area contributed by atoms with Gasteiger partial charge < -0.3 is 10.2 Å². The van der Waals surface area contributed by atoms with Gasteiger partial charge in [0.15, 0.2) is 0 Å². The summed E-state index contributed by atoms with van der Waals surface area (Å²) in [5, 5.41) is 3.40. The summed E-state index contributed by atoms with van der Waals surface area (Å²) in [4.78, 5) is 11.7. The molecule has 0 bridgehead atoms. The number of benzene rings is 1. The summed E-state index contributed by atoms with van der Waals surface area (Å²) in [6, 6.07) is 10.6. The van der Waals surface area contributed by atoms with Crippen LogP contribution in [-0.4, -0.2) is 36.1 Å². The summed E-state index contributed by atoms with van der Waals surface area (Å²) in [5.74, 6) is 1.98. The van der Waals surface area contributed by atoms with Gasteiger partial charge in [-0.2, -0.15) is 0 Å². The second-order valence-corrected chi connectivity index (χ2v) is 5.56. The highest BCUT2D eigenvalue weighted by atomic mass is 15.2. The van der Waals surface area contributed by atoms with Crippen LogP contribution in [0.15, 0.2) is 30.3 Å². The smallest absolute Gasteiger partial charge is 0.136 e. The van der Waals surface area contributed by atoms with Crippen molar-refractivity contribution in [2.75, 3.05) is 31.1 Å². The van der Waals surface area contributed by atoms with Crippen molar-refractivity contribution >= 4 is 5.82 Å².